The van der Waals surface area contributed by atoms with E-state index in [9.17, 15) is 0 Å². The summed E-state index contributed by atoms with van der Waals surface area (Å²) in [5.41, 5.74) is 0. The van der Waals surface area contributed by atoms with E-state index >= 15 is 0 Å². The molecule has 116 valence electrons. The molecule has 0 saturated heterocycles. The SMILES string of the molecule is c1ccn(CCN(CCn2cccc2)CCn2cccc2)c1. The minimum absolute atomic E-state index is 1.05. The van der Waals surface area contributed by atoms with Crippen molar-refractivity contribution in [1.82, 2.24) is 18.6 Å². The van der Waals surface area contributed by atoms with Crippen molar-refractivity contribution in [2.75, 3.05) is 19.6 Å². The minimum atomic E-state index is 1.05. The van der Waals surface area contributed by atoms with Gasteiger partial charge in [0, 0.05) is 76.4 Å². The molecule has 0 N–H and O–H groups in total. The molecule has 0 aliphatic carbocycles. The van der Waals surface area contributed by atoms with Crippen LogP contribution in [0, 0.1) is 0 Å². The molecule has 4 nitrogen and oxygen atoms in total. The Hall–Kier alpha value is -2.20. The van der Waals surface area contributed by atoms with E-state index in [-0.39, 0.29) is 0 Å². The van der Waals surface area contributed by atoms with E-state index in [1.807, 2.05) is 0 Å². The highest BCUT2D eigenvalue weighted by atomic mass is 15.2. The molecule has 0 atom stereocenters. The average Bonchev–Trinajstić information content (AvgIpc) is 3.29. The van der Waals surface area contributed by atoms with Gasteiger partial charge in [-0.15, -0.1) is 0 Å². The van der Waals surface area contributed by atoms with E-state index in [0.29, 0.717) is 0 Å². The highest BCUT2D eigenvalue weighted by molar-refractivity contribution is 4.92. The van der Waals surface area contributed by atoms with Crippen molar-refractivity contribution in [2.24, 2.45) is 0 Å². The number of hydrogen-bond acceptors (Lipinski definition) is 1. The van der Waals surface area contributed by atoms with E-state index in [4.69, 9.17) is 0 Å². The van der Waals surface area contributed by atoms with Crippen LogP contribution in [0.1, 0.15) is 0 Å². The molecule has 3 rings (SSSR count). The molecular formula is C18H24N4. The van der Waals surface area contributed by atoms with Gasteiger partial charge in [-0.1, -0.05) is 0 Å². The molecule has 3 aromatic heterocycles. The second kappa shape index (κ2) is 7.71. The van der Waals surface area contributed by atoms with Crippen LogP contribution in [-0.4, -0.2) is 38.2 Å². The molecule has 0 saturated carbocycles. The number of rotatable bonds is 9. The van der Waals surface area contributed by atoms with Crippen LogP contribution in [0.2, 0.25) is 0 Å². The first-order chi connectivity index (χ1) is 10.9. The molecule has 0 aliphatic rings. The van der Waals surface area contributed by atoms with Crippen LogP contribution in [0.5, 0.6) is 0 Å². The van der Waals surface area contributed by atoms with Gasteiger partial charge in [0.25, 0.3) is 0 Å². The Morgan fingerprint density at radius 2 is 0.727 bits per heavy atom. The van der Waals surface area contributed by atoms with E-state index in [0.717, 1.165) is 39.3 Å². The summed E-state index contributed by atoms with van der Waals surface area (Å²) in [5.74, 6) is 0. The van der Waals surface area contributed by atoms with Crippen LogP contribution in [0.15, 0.2) is 73.6 Å². The fourth-order valence-corrected chi connectivity index (χ4v) is 2.66. The van der Waals surface area contributed by atoms with Crippen molar-refractivity contribution in [1.29, 1.82) is 0 Å². The predicted octanol–water partition coefficient (Wildman–Crippen LogP) is 2.79. The van der Waals surface area contributed by atoms with Gasteiger partial charge < -0.3 is 13.7 Å². The molecule has 3 heterocycles. The molecule has 0 aliphatic heterocycles. The zero-order valence-corrected chi connectivity index (χ0v) is 13.0. The molecule has 0 amide bonds. The largest absolute Gasteiger partial charge is 0.353 e. The molecule has 0 bridgehead atoms. The Morgan fingerprint density at radius 3 is 1.00 bits per heavy atom. The average molecular weight is 296 g/mol. The molecule has 3 aromatic rings. The van der Waals surface area contributed by atoms with Gasteiger partial charge >= 0.3 is 0 Å². The molecule has 0 aromatic carbocycles. The van der Waals surface area contributed by atoms with Gasteiger partial charge in [0.05, 0.1) is 0 Å². The minimum Gasteiger partial charge on any atom is -0.353 e. The van der Waals surface area contributed by atoms with Crippen LogP contribution >= 0.6 is 0 Å². The molecule has 0 unspecified atom stereocenters. The molecule has 22 heavy (non-hydrogen) atoms. The van der Waals surface area contributed by atoms with Crippen molar-refractivity contribution in [3.05, 3.63) is 73.6 Å². The highest BCUT2D eigenvalue weighted by Gasteiger charge is 2.05. The first-order valence-corrected chi connectivity index (χ1v) is 7.95. The third kappa shape index (κ3) is 4.40. The van der Waals surface area contributed by atoms with Gasteiger partial charge in [0.15, 0.2) is 0 Å². The Balaban J connectivity index is 1.51. The van der Waals surface area contributed by atoms with Gasteiger partial charge in [0.1, 0.15) is 0 Å². The van der Waals surface area contributed by atoms with Gasteiger partial charge in [-0.3, -0.25) is 4.90 Å². The quantitative estimate of drug-likeness (QED) is 0.594. The van der Waals surface area contributed by atoms with Crippen molar-refractivity contribution in [2.45, 2.75) is 19.6 Å². The maximum atomic E-state index is 2.54. The first-order valence-electron chi connectivity index (χ1n) is 7.95. The Bertz CT molecular complexity index is 517. The molecular weight excluding hydrogens is 272 g/mol. The number of aromatic nitrogens is 3. The third-order valence-corrected chi connectivity index (χ3v) is 4.02. The fourth-order valence-electron chi connectivity index (χ4n) is 2.66. The summed E-state index contributed by atoms with van der Waals surface area (Å²) in [4.78, 5) is 2.54. The number of hydrogen-bond donors (Lipinski definition) is 0. The van der Waals surface area contributed by atoms with E-state index in [2.05, 4.69) is 92.2 Å². The van der Waals surface area contributed by atoms with Crippen LogP contribution < -0.4 is 0 Å². The lowest BCUT2D eigenvalue weighted by Gasteiger charge is -2.23. The van der Waals surface area contributed by atoms with Gasteiger partial charge in [-0.05, 0) is 36.4 Å². The Labute approximate surface area is 132 Å². The van der Waals surface area contributed by atoms with Gasteiger partial charge in [-0.25, -0.2) is 0 Å². The summed E-state index contributed by atoms with van der Waals surface area (Å²) < 4.78 is 6.75. The van der Waals surface area contributed by atoms with Crippen LogP contribution in [0.4, 0.5) is 0 Å². The zero-order chi connectivity index (χ0) is 15.0. The maximum absolute atomic E-state index is 2.54. The third-order valence-electron chi connectivity index (χ3n) is 4.02. The fraction of sp³-hybridized carbons (Fsp3) is 0.333. The smallest absolute Gasteiger partial charge is 0.0347 e. The Morgan fingerprint density at radius 1 is 0.455 bits per heavy atom. The summed E-state index contributed by atoms with van der Waals surface area (Å²) in [6.45, 7) is 6.38. The summed E-state index contributed by atoms with van der Waals surface area (Å²) >= 11 is 0. The van der Waals surface area contributed by atoms with Crippen molar-refractivity contribution >= 4 is 0 Å². The van der Waals surface area contributed by atoms with Crippen molar-refractivity contribution < 1.29 is 0 Å². The van der Waals surface area contributed by atoms with Crippen molar-refractivity contribution in [3.63, 3.8) is 0 Å². The standard InChI is InChI=1S/C18H24N4/c1-2-8-19(7-1)13-16-22(17-14-20-9-3-4-10-20)18-15-21-11-5-6-12-21/h1-12H,13-18H2. The highest BCUT2D eigenvalue weighted by Crippen LogP contribution is 1.99. The Kier molecular flexibility index (Phi) is 5.16. The van der Waals surface area contributed by atoms with Crippen molar-refractivity contribution in [3.8, 4) is 0 Å². The second-order valence-corrected chi connectivity index (χ2v) is 5.60. The van der Waals surface area contributed by atoms with E-state index in [1.54, 1.807) is 0 Å². The molecule has 4 heteroatoms. The van der Waals surface area contributed by atoms with Crippen LogP contribution in [0.25, 0.3) is 0 Å². The summed E-state index contributed by atoms with van der Waals surface area (Å²) in [5, 5.41) is 0. The van der Waals surface area contributed by atoms with Gasteiger partial charge in [-0.2, -0.15) is 0 Å². The molecule has 0 radical (unpaired) electrons. The van der Waals surface area contributed by atoms with Crippen LogP contribution in [-0.2, 0) is 19.6 Å². The summed E-state index contributed by atoms with van der Waals surface area (Å²) in [6.07, 6.45) is 12.8. The number of nitrogens with zero attached hydrogens (tertiary/aromatic N) is 4. The monoisotopic (exact) mass is 296 g/mol. The maximum Gasteiger partial charge on any atom is 0.0347 e. The van der Waals surface area contributed by atoms with E-state index < -0.39 is 0 Å². The van der Waals surface area contributed by atoms with Gasteiger partial charge in [0.2, 0.25) is 0 Å². The lowest BCUT2D eigenvalue weighted by molar-refractivity contribution is 0.243. The molecule has 0 spiro atoms. The van der Waals surface area contributed by atoms with E-state index in [1.165, 1.54) is 0 Å². The summed E-state index contributed by atoms with van der Waals surface area (Å²) in [7, 11) is 0. The second-order valence-electron chi connectivity index (χ2n) is 5.60. The topological polar surface area (TPSA) is 18.0 Å². The molecule has 0 fully saturated rings. The normalized spacial score (nSPS) is 11.3. The zero-order valence-electron chi connectivity index (χ0n) is 13.0. The lowest BCUT2D eigenvalue weighted by Crippen LogP contribution is -2.33. The predicted molar refractivity (Wildman–Crippen MR) is 89.7 cm³/mol. The lowest BCUT2D eigenvalue weighted by atomic mass is 10.4. The summed E-state index contributed by atoms with van der Waals surface area (Å²) in [6, 6.07) is 12.5. The first kappa shape index (κ1) is 14.7. The van der Waals surface area contributed by atoms with Crippen LogP contribution in [0.3, 0.4) is 0 Å².